The van der Waals surface area contributed by atoms with Gasteiger partial charge in [-0.15, -0.1) is 0 Å². The lowest BCUT2D eigenvalue weighted by molar-refractivity contribution is -0.142. The summed E-state index contributed by atoms with van der Waals surface area (Å²) in [5.41, 5.74) is 4.57. The number of rotatable bonds is 16. The van der Waals surface area contributed by atoms with E-state index in [9.17, 15) is 9.59 Å². The second-order valence-electron chi connectivity index (χ2n) is 11.2. The molecule has 0 heterocycles. The van der Waals surface area contributed by atoms with Gasteiger partial charge >= 0.3 is 5.97 Å². The number of nitrogens with one attached hydrogen (secondary N) is 1. The minimum Gasteiger partial charge on any atom is -0.467 e. The highest BCUT2D eigenvalue weighted by atomic mass is 32.2. The summed E-state index contributed by atoms with van der Waals surface area (Å²) in [6, 6.07) is 13.4. The average Bonchev–Trinajstić information content (AvgIpc) is 2.99. The maximum atomic E-state index is 13.5. The first-order chi connectivity index (χ1) is 19.5. The summed E-state index contributed by atoms with van der Waals surface area (Å²) in [6.45, 7) is 4.82. The predicted molar refractivity (Wildman–Crippen MR) is 167 cm³/mol. The number of unbranched alkanes of at least 4 members (excludes halogenated alkanes) is 1. The van der Waals surface area contributed by atoms with Crippen molar-refractivity contribution in [3.63, 3.8) is 0 Å². The summed E-state index contributed by atoms with van der Waals surface area (Å²) in [7, 11) is 1.36. The number of ether oxygens (including phenoxy) is 2. The van der Waals surface area contributed by atoms with E-state index in [2.05, 4.69) is 31.3 Å². The van der Waals surface area contributed by atoms with Gasteiger partial charge in [-0.05, 0) is 84.9 Å². The van der Waals surface area contributed by atoms with Gasteiger partial charge in [0.05, 0.1) is 19.8 Å². The van der Waals surface area contributed by atoms with E-state index in [4.69, 9.17) is 9.47 Å². The van der Waals surface area contributed by atoms with Gasteiger partial charge in [-0.3, -0.25) is 4.79 Å². The second-order valence-corrected chi connectivity index (χ2v) is 12.2. The molecular formula is C34H49NO4S. The van der Waals surface area contributed by atoms with Gasteiger partial charge in [-0.25, -0.2) is 4.79 Å². The number of carbonyl (C=O) groups excluding carboxylic acids is 2. The van der Waals surface area contributed by atoms with Crippen molar-refractivity contribution in [1.29, 1.82) is 0 Å². The number of amides is 1. The van der Waals surface area contributed by atoms with Crippen LogP contribution in [0.15, 0.2) is 42.5 Å². The molecule has 0 aliphatic heterocycles. The zero-order chi connectivity index (χ0) is 28.7. The SMILES string of the molecule is CCCCC(CCC1CCCCC1)OCc1ccc(C(=O)N[C@@H](CCSC)C(=O)OC)c(-c2ccccc2C)c1. The predicted octanol–water partition coefficient (Wildman–Crippen LogP) is 8.12. The molecule has 2 aromatic carbocycles. The van der Waals surface area contributed by atoms with Crippen molar-refractivity contribution in [2.45, 2.75) is 103 Å². The third-order valence-electron chi connectivity index (χ3n) is 8.15. The summed E-state index contributed by atoms with van der Waals surface area (Å²) in [4.78, 5) is 25.9. The Morgan fingerprint density at radius 1 is 1.02 bits per heavy atom. The van der Waals surface area contributed by atoms with Gasteiger partial charge in [0.1, 0.15) is 6.04 Å². The number of benzene rings is 2. The van der Waals surface area contributed by atoms with Crippen LogP contribution >= 0.6 is 11.8 Å². The third-order valence-corrected chi connectivity index (χ3v) is 8.80. The first kappa shape index (κ1) is 32.2. The molecule has 1 aliphatic rings. The lowest BCUT2D eigenvalue weighted by Gasteiger charge is -2.25. The van der Waals surface area contributed by atoms with Crippen LogP contribution < -0.4 is 5.32 Å². The maximum Gasteiger partial charge on any atom is 0.328 e. The monoisotopic (exact) mass is 567 g/mol. The zero-order valence-corrected chi connectivity index (χ0v) is 25.8. The molecule has 0 saturated heterocycles. The van der Waals surface area contributed by atoms with E-state index in [1.165, 1.54) is 58.5 Å². The Hall–Kier alpha value is -2.31. The first-order valence-corrected chi connectivity index (χ1v) is 16.5. The molecule has 2 atom stereocenters. The van der Waals surface area contributed by atoms with Gasteiger partial charge in [-0.1, -0.05) is 82.2 Å². The van der Waals surface area contributed by atoms with Crippen molar-refractivity contribution in [1.82, 2.24) is 5.32 Å². The van der Waals surface area contributed by atoms with E-state index in [1.54, 1.807) is 11.8 Å². The average molecular weight is 568 g/mol. The highest BCUT2D eigenvalue weighted by Gasteiger charge is 2.24. The molecule has 1 fully saturated rings. The molecule has 1 unspecified atom stereocenters. The van der Waals surface area contributed by atoms with E-state index in [0.717, 1.165) is 46.8 Å². The van der Waals surface area contributed by atoms with Crippen LogP contribution in [0.3, 0.4) is 0 Å². The van der Waals surface area contributed by atoms with E-state index in [0.29, 0.717) is 18.6 Å². The summed E-state index contributed by atoms with van der Waals surface area (Å²) in [5.74, 6) is 0.921. The molecule has 40 heavy (non-hydrogen) atoms. The Balaban J connectivity index is 1.79. The maximum absolute atomic E-state index is 13.5. The van der Waals surface area contributed by atoms with Gasteiger partial charge < -0.3 is 14.8 Å². The Morgan fingerprint density at radius 3 is 2.50 bits per heavy atom. The Bertz CT molecular complexity index is 1070. The fourth-order valence-corrected chi connectivity index (χ4v) is 6.17. The minimum absolute atomic E-state index is 0.268. The molecule has 0 aromatic heterocycles. The molecule has 1 saturated carbocycles. The molecule has 0 bridgehead atoms. The number of esters is 1. The molecule has 0 spiro atoms. The smallest absolute Gasteiger partial charge is 0.328 e. The molecule has 6 heteroatoms. The number of thioether (sulfide) groups is 1. The molecular weight excluding hydrogens is 518 g/mol. The second kappa shape index (κ2) is 17.5. The van der Waals surface area contributed by atoms with E-state index in [1.807, 2.05) is 36.6 Å². The molecule has 3 rings (SSSR count). The number of hydrogen-bond acceptors (Lipinski definition) is 5. The summed E-state index contributed by atoms with van der Waals surface area (Å²) in [6.07, 6.45) is 15.5. The van der Waals surface area contributed by atoms with Crippen molar-refractivity contribution >= 4 is 23.6 Å². The Labute approximate surface area is 246 Å². The van der Waals surface area contributed by atoms with Gasteiger partial charge in [0.15, 0.2) is 0 Å². The van der Waals surface area contributed by atoms with Crippen LogP contribution in [0.4, 0.5) is 0 Å². The number of methoxy groups -OCH3 is 1. The minimum atomic E-state index is -0.679. The number of aryl methyl sites for hydroxylation is 1. The van der Waals surface area contributed by atoms with Gasteiger partial charge in [0, 0.05) is 5.56 Å². The highest BCUT2D eigenvalue weighted by molar-refractivity contribution is 7.98. The van der Waals surface area contributed by atoms with E-state index in [-0.39, 0.29) is 12.0 Å². The number of carbonyl (C=O) groups is 2. The standard InChI is InChI=1S/C34H49NO4S/c1-5-6-15-28(19-17-26-13-8-7-9-14-26)39-24-27-18-20-30(31(23-27)29-16-11-10-12-25(29)2)33(36)35-32(21-22-40-4)34(37)38-3/h10-12,16,18,20,23,26,28,32H,5-9,13-15,17,19,21-22,24H2,1-4H3,(H,35,36)/t28?,32-/m0/s1. The van der Waals surface area contributed by atoms with Crippen LogP contribution in [0.2, 0.25) is 0 Å². The highest BCUT2D eigenvalue weighted by Crippen LogP contribution is 2.31. The Kier molecular flexibility index (Phi) is 14.1. The van der Waals surface area contributed by atoms with Crippen molar-refractivity contribution < 1.29 is 19.1 Å². The van der Waals surface area contributed by atoms with Crippen LogP contribution in [0.1, 0.15) is 99.0 Å². The normalized spacial score (nSPS) is 15.4. The van der Waals surface area contributed by atoms with Crippen molar-refractivity contribution in [2.24, 2.45) is 5.92 Å². The molecule has 1 amide bonds. The molecule has 1 aliphatic carbocycles. The Morgan fingerprint density at radius 2 is 1.80 bits per heavy atom. The van der Waals surface area contributed by atoms with Crippen LogP contribution in [0, 0.1) is 12.8 Å². The molecule has 2 aromatic rings. The van der Waals surface area contributed by atoms with Crippen molar-refractivity contribution in [2.75, 3.05) is 19.1 Å². The quantitative estimate of drug-likeness (QED) is 0.208. The zero-order valence-electron chi connectivity index (χ0n) is 25.0. The van der Waals surface area contributed by atoms with Gasteiger partial charge in [0.2, 0.25) is 0 Å². The van der Waals surface area contributed by atoms with E-state index >= 15 is 0 Å². The molecule has 0 radical (unpaired) electrons. The number of hydrogen-bond donors (Lipinski definition) is 1. The van der Waals surface area contributed by atoms with Crippen LogP contribution in [0.25, 0.3) is 11.1 Å². The van der Waals surface area contributed by atoms with Crippen molar-refractivity contribution in [3.05, 3.63) is 59.2 Å². The van der Waals surface area contributed by atoms with Crippen LogP contribution in [0.5, 0.6) is 0 Å². The van der Waals surface area contributed by atoms with E-state index < -0.39 is 12.0 Å². The van der Waals surface area contributed by atoms with Crippen LogP contribution in [-0.4, -0.2) is 43.1 Å². The van der Waals surface area contributed by atoms with Crippen molar-refractivity contribution in [3.8, 4) is 11.1 Å². The third kappa shape index (κ3) is 9.95. The van der Waals surface area contributed by atoms with Gasteiger partial charge in [0.25, 0.3) is 5.91 Å². The van der Waals surface area contributed by atoms with Crippen LogP contribution in [-0.2, 0) is 20.9 Å². The lowest BCUT2D eigenvalue weighted by Crippen LogP contribution is -2.42. The fourth-order valence-electron chi connectivity index (χ4n) is 5.69. The fraction of sp³-hybridized carbons (Fsp3) is 0.588. The summed E-state index contributed by atoms with van der Waals surface area (Å²) >= 11 is 1.64. The summed E-state index contributed by atoms with van der Waals surface area (Å²) in [5, 5.41) is 2.93. The lowest BCUT2D eigenvalue weighted by atomic mass is 9.85. The topological polar surface area (TPSA) is 64.6 Å². The summed E-state index contributed by atoms with van der Waals surface area (Å²) < 4.78 is 11.5. The largest absolute Gasteiger partial charge is 0.467 e. The van der Waals surface area contributed by atoms with Gasteiger partial charge in [-0.2, -0.15) is 11.8 Å². The molecule has 1 N–H and O–H groups in total. The molecule has 5 nitrogen and oxygen atoms in total. The first-order valence-electron chi connectivity index (χ1n) is 15.1. The molecule has 220 valence electrons.